The van der Waals surface area contributed by atoms with Gasteiger partial charge in [0.25, 0.3) is 5.69 Å². The molecule has 15 nitrogen and oxygen atoms in total. The zero-order valence-electron chi connectivity index (χ0n) is 40.4. The van der Waals surface area contributed by atoms with Crippen molar-refractivity contribution in [3.05, 3.63) is 149 Å². The lowest BCUT2D eigenvalue weighted by Gasteiger charge is -2.60. The molecule has 2 heterocycles. The quantitative estimate of drug-likeness (QED) is 0.0346. The first-order valence-electron chi connectivity index (χ1n) is 24.4. The molecule has 6 atom stereocenters. The van der Waals surface area contributed by atoms with Crippen LogP contribution < -0.4 is 23.7 Å². The number of allylic oxidation sites excluding steroid dienone is 1. The fraction of sp³-hybridized carbons (Fsp3) is 0.393. The second kappa shape index (κ2) is 21.2. The zero-order valence-corrected chi connectivity index (χ0v) is 40.4. The number of unbranched alkanes of at least 4 members (excludes halogenated alkanes) is 2. The lowest BCUT2D eigenvalue weighted by molar-refractivity contribution is -0.384. The molecule has 1 amide bonds. The first-order chi connectivity index (χ1) is 34.4. The Morgan fingerprint density at radius 3 is 2.32 bits per heavy atom. The smallest absolute Gasteiger partial charge is 0.416 e. The minimum absolute atomic E-state index is 0.00201. The van der Waals surface area contributed by atoms with E-state index >= 15 is 4.79 Å². The highest BCUT2D eigenvalue weighted by Gasteiger charge is 2.66. The Kier molecular flexibility index (Phi) is 14.6. The van der Waals surface area contributed by atoms with Gasteiger partial charge in [-0.1, -0.05) is 66.5 Å². The van der Waals surface area contributed by atoms with Gasteiger partial charge in [-0.3, -0.25) is 15.0 Å². The maximum Gasteiger partial charge on any atom is 0.416 e. The van der Waals surface area contributed by atoms with Crippen LogP contribution in [0.3, 0.4) is 0 Å². The van der Waals surface area contributed by atoms with Crippen molar-refractivity contribution in [3.63, 3.8) is 0 Å². The summed E-state index contributed by atoms with van der Waals surface area (Å²) in [4.78, 5) is 34.2. The SMILES string of the molecule is C=CCOC12Oc3ccc(Oc4ccc5ccccc5c4)cc3C3C(CCCCO)C(CCCCO)C=C(C(=NOC(C)(C)C)CC1N(Cc1ccc4c(c1)OCO4)C(=O)Oc1ccc([N+](=O)[O-])cc1)C32. The molecule has 1 fully saturated rings. The van der Waals surface area contributed by atoms with Crippen LogP contribution >= 0.6 is 0 Å². The van der Waals surface area contributed by atoms with Crippen LogP contribution in [-0.2, 0) is 16.1 Å². The van der Waals surface area contributed by atoms with Crippen LogP contribution in [0.5, 0.6) is 34.5 Å². The van der Waals surface area contributed by atoms with E-state index in [4.69, 9.17) is 38.4 Å². The number of hydrogen-bond acceptors (Lipinski definition) is 13. The molecule has 0 bridgehead atoms. The maximum absolute atomic E-state index is 15.2. The lowest BCUT2D eigenvalue weighted by atomic mass is 9.55. The number of oxime groups is 1. The first-order valence-corrected chi connectivity index (χ1v) is 24.4. The molecule has 9 rings (SSSR count). The van der Waals surface area contributed by atoms with Crippen molar-refractivity contribution in [2.24, 2.45) is 22.9 Å². The van der Waals surface area contributed by atoms with Crippen LogP contribution in [0.25, 0.3) is 10.8 Å². The normalized spacial score (nSPS) is 22.4. The standard InChI is InChI=1S/C56H61N3O12/c1-5-28-67-56-51(58(34-36-16-24-49-50(29-36)66-35-65-49)54(62)69-41-21-18-40(19-22-41)59(63)64)33-47(57-71-55(2,3)4)45-31-39(14-8-10-26-60)44(15-9-11-27-61)52(53(45)56)46-32-43(23-25-48(46)70-56)68-42-20-17-37-12-6-7-13-38(37)30-42/h5-7,12-13,16-25,29-32,39,44,51-53,60-61H,1,8-11,14-15,26-28,33-35H2,2-4H3. The zero-order chi connectivity index (χ0) is 49.7. The third-order valence-electron chi connectivity index (χ3n) is 13.7. The molecule has 372 valence electrons. The van der Waals surface area contributed by atoms with Crippen LogP contribution in [0.2, 0.25) is 0 Å². The Balaban J connectivity index is 1.24. The number of rotatable bonds is 19. The summed E-state index contributed by atoms with van der Waals surface area (Å²) in [7, 11) is 0. The fourth-order valence-corrected chi connectivity index (χ4v) is 10.6. The van der Waals surface area contributed by atoms with Crippen LogP contribution in [-0.4, -0.2) is 75.9 Å². The fourth-order valence-electron chi connectivity index (χ4n) is 10.6. The summed E-state index contributed by atoms with van der Waals surface area (Å²) in [6.45, 7) is 10.0. The topological polar surface area (TPSA) is 181 Å². The van der Waals surface area contributed by atoms with Crippen molar-refractivity contribution in [3.8, 4) is 34.5 Å². The van der Waals surface area contributed by atoms with Gasteiger partial charge in [0.2, 0.25) is 12.6 Å². The van der Waals surface area contributed by atoms with Crippen molar-refractivity contribution < 1.29 is 53.2 Å². The van der Waals surface area contributed by atoms with Gasteiger partial charge in [-0.05, 0) is 135 Å². The maximum atomic E-state index is 15.2. The van der Waals surface area contributed by atoms with Gasteiger partial charge in [-0.15, -0.1) is 6.58 Å². The number of amides is 1. The largest absolute Gasteiger partial charge is 0.459 e. The third kappa shape index (κ3) is 10.6. The monoisotopic (exact) mass is 967 g/mol. The van der Waals surface area contributed by atoms with Gasteiger partial charge in [0.1, 0.15) is 34.6 Å². The van der Waals surface area contributed by atoms with E-state index in [-0.39, 0.29) is 68.8 Å². The Bertz CT molecular complexity index is 2800. The molecule has 5 aromatic carbocycles. The van der Waals surface area contributed by atoms with E-state index in [1.54, 1.807) is 17.0 Å². The average Bonchev–Trinajstić information content (AvgIpc) is 3.84. The molecule has 2 aliphatic heterocycles. The molecular formula is C56H61N3O12. The molecule has 1 saturated carbocycles. The van der Waals surface area contributed by atoms with E-state index in [2.05, 4.69) is 30.9 Å². The highest BCUT2D eigenvalue weighted by molar-refractivity contribution is 6.03. The molecule has 6 unspecified atom stereocenters. The highest BCUT2D eigenvalue weighted by atomic mass is 16.7. The number of ether oxygens (including phenoxy) is 6. The van der Waals surface area contributed by atoms with E-state index in [9.17, 15) is 20.3 Å². The minimum Gasteiger partial charge on any atom is -0.459 e. The summed E-state index contributed by atoms with van der Waals surface area (Å²) < 4.78 is 38.9. The molecule has 71 heavy (non-hydrogen) atoms. The third-order valence-corrected chi connectivity index (χ3v) is 13.7. The number of aliphatic hydroxyl groups excluding tert-OH is 2. The van der Waals surface area contributed by atoms with E-state index in [1.807, 2.05) is 75.4 Å². The predicted molar refractivity (Wildman–Crippen MR) is 267 cm³/mol. The van der Waals surface area contributed by atoms with Crippen molar-refractivity contribution in [1.82, 2.24) is 4.90 Å². The van der Waals surface area contributed by atoms with Gasteiger partial charge in [0, 0.05) is 49.8 Å². The molecule has 0 spiro atoms. The van der Waals surface area contributed by atoms with Gasteiger partial charge < -0.3 is 43.5 Å². The predicted octanol–water partition coefficient (Wildman–Crippen LogP) is 11.4. The number of carbonyl (C=O) groups excluding carboxylic acids is 1. The molecular weight excluding hydrogens is 907 g/mol. The van der Waals surface area contributed by atoms with E-state index in [0.717, 1.165) is 47.6 Å². The van der Waals surface area contributed by atoms with E-state index in [1.165, 1.54) is 24.3 Å². The van der Waals surface area contributed by atoms with Crippen LogP contribution in [0.4, 0.5) is 10.5 Å². The number of nitrogens with zero attached hydrogens (tertiary/aromatic N) is 3. The molecule has 5 aromatic rings. The first kappa shape index (κ1) is 49.1. The summed E-state index contributed by atoms with van der Waals surface area (Å²) in [5.41, 5.74) is 2.21. The van der Waals surface area contributed by atoms with Gasteiger partial charge in [-0.2, -0.15) is 0 Å². The van der Waals surface area contributed by atoms with Gasteiger partial charge in [-0.25, -0.2) is 4.79 Å². The minimum atomic E-state index is -1.62. The number of non-ortho nitro benzene ring substituents is 1. The highest BCUT2D eigenvalue weighted by Crippen LogP contribution is 2.62. The Hall–Kier alpha value is -6.94. The molecule has 0 saturated heterocycles. The van der Waals surface area contributed by atoms with E-state index in [0.29, 0.717) is 52.9 Å². The Labute approximate surface area is 413 Å². The number of nitro groups is 1. The summed E-state index contributed by atoms with van der Waals surface area (Å²) in [6.07, 6.45) is 7.54. The number of fused-ring (bicyclic) bond motifs is 4. The number of carbonyl (C=O) groups is 1. The second-order valence-corrected chi connectivity index (χ2v) is 19.5. The number of nitro benzene ring substituents is 1. The molecule has 2 aliphatic carbocycles. The van der Waals surface area contributed by atoms with Gasteiger partial charge in [0.15, 0.2) is 11.5 Å². The van der Waals surface area contributed by atoms with Crippen molar-refractivity contribution >= 4 is 28.3 Å². The summed E-state index contributed by atoms with van der Waals surface area (Å²) in [5.74, 6) is 0.406. The van der Waals surface area contributed by atoms with Crippen LogP contribution in [0.1, 0.15) is 82.8 Å². The van der Waals surface area contributed by atoms with Crippen molar-refractivity contribution in [2.45, 2.75) is 95.6 Å². The van der Waals surface area contributed by atoms with Crippen LogP contribution in [0.15, 0.2) is 133 Å². The molecule has 0 aromatic heterocycles. The second-order valence-electron chi connectivity index (χ2n) is 19.5. The Morgan fingerprint density at radius 1 is 0.873 bits per heavy atom. The summed E-state index contributed by atoms with van der Waals surface area (Å²) >= 11 is 0. The number of hydrogen-bond donors (Lipinski definition) is 2. The van der Waals surface area contributed by atoms with Gasteiger partial charge in [0.05, 0.1) is 23.2 Å². The summed E-state index contributed by atoms with van der Waals surface area (Å²) in [6, 6.07) is 29.8. The Morgan fingerprint density at radius 2 is 1.58 bits per heavy atom. The van der Waals surface area contributed by atoms with Gasteiger partial charge >= 0.3 is 6.09 Å². The molecule has 2 N–H and O–H groups in total. The molecule has 4 aliphatic rings. The molecule has 15 heteroatoms. The van der Waals surface area contributed by atoms with Crippen molar-refractivity contribution in [1.29, 1.82) is 0 Å². The van der Waals surface area contributed by atoms with Crippen LogP contribution in [0, 0.1) is 27.9 Å². The van der Waals surface area contributed by atoms with E-state index < -0.39 is 34.4 Å². The summed E-state index contributed by atoms with van der Waals surface area (Å²) in [5, 5.41) is 38.8. The van der Waals surface area contributed by atoms with Crippen molar-refractivity contribution in [2.75, 3.05) is 26.6 Å². The number of aliphatic hydroxyl groups is 2. The number of benzene rings is 5. The lowest BCUT2D eigenvalue weighted by Crippen LogP contribution is -2.70. The molecule has 0 radical (unpaired) electrons. The average molecular weight is 968 g/mol.